The van der Waals surface area contributed by atoms with E-state index in [1.165, 1.54) is 6.92 Å². The second-order valence-electron chi connectivity index (χ2n) is 11.0. The summed E-state index contributed by atoms with van der Waals surface area (Å²) >= 11 is 0. The van der Waals surface area contributed by atoms with Crippen LogP contribution in [0.25, 0.3) is 11.1 Å². The first-order chi connectivity index (χ1) is 20.7. The fourth-order valence-corrected chi connectivity index (χ4v) is 5.52. The summed E-state index contributed by atoms with van der Waals surface area (Å²) in [6.07, 6.45) is 3.34. The number of nitrogens with zero attached hydrogens (tertiary/aromatic N) is 1. The average Bonchev–Trinajstić information content (AvgIpc) is 3.23. The lowest BCUT2D eigenvalue weighted by Crippen LogP contribution is -2.41. The van der Waals surface area contributed by atoms with E-state index < -0.39 is 12.1 Å². The minimum Gasteiger partial charge on any atom is -0.493 e. The maximum Gasteiger partial charge on any atom is 0.242 e. The number of aryl methyl sites for hydroxylation is 1. The van der Waals surface area contributed by atoms with Crippen LogP contribution in [0.3, 0.4) is 0 Å². The molecular weight excluding hydrogens is 548 g/mol. The van der Waals surface area contributed by atoms with Crippen LogP contribution < -0.4 is 35.6 Å². The molecule has 3 aromatic rings. The molecular formula is C33H40N4O6. The van der Waals surface area contributed by atoms with Crippen molar-refractivity contribution in [3.05, 3.63) is 75.7 Å². The monoisotopic (exact) mass is 588 g/mol. The number of methoxy groups -OCH3 is 3. The van der Waals surface area contributed by atoms with Gasteiger partial charge in [-0.2, -0.15) is 0 Å². The van der Waals surface area contributed by atoms with Gasteiger partial charge in [-0.25, -0.2) is 0 Å². The van der Waals surface area contributed by atoms with Crippen LogP contribution in [0.5, 0.6) is 17.2 Å². The highest BCUT2D eigenvalue weighted by atomic mass is 16.5. The van der Waals surface area contributed by atoms with Crippen molar-refractivity contribution in [2.24, 2.45) is 5.92 Å². The lowest BCUT2D eigenvalue weighted by atomic mass is 9.95. The van der Waals surface area contributed by atoms with Crippen molar-refractivity contribution in [3.8, 4) is 28.4 Å². The quantitative estimate of drug-likeness (QED) is 0.301. The molecule has 43 heavy (non-hydrogen) atoms. The largest absolute Gasteiger partial charge is 0.493 e. The number of hydrogen-bond acceptors (Lipinski definition) is 8. The highest BCUT2D eigenvalue weighted by molar-refractivity contribution is 5.86. The van der Waals surface area contributed by atoms with E-state index in [0.717, 1.165) is 16.8 Å². The second-order valence-corrected chi connectivity index (χ2v) is 11.0. The van der Waals surface area contributed by atoms with Crippen molar-refractivity contribution in [3.63, 3.8) is 0 Å². The number of fused-ring (bicyclic) bond motifs is 3. The van der Waals surface area contributed by atoms with E-state index in [4.69, 9.17) is 14.2 Å². The molecule has 0 aliphatic heterocycles. The van der Waals surface area contributed by atoms with E-state index in [9.17, 15) is 14.4 Å². The lowest BCUT2D eigenvalue weighted by Gasteiger charge is -2.20. The molecule has 1 heterocycles. The molecule has 10 heteroatoms. The molecule has 2 atom stereocenters. The molecule has 1 aromatic heterocycles. The second kappa shape index (κ2) is 14.0. The summed E-state index contributed by atoms with van der Waals surface area (Å²) in [6.45, 7) is 5.78. The third-order valence-corrected chi connectivity index (χ3v) is 7.44. The standard InChI is InChI=1S/C33H40N4O6/c1-19(2)15-27(33(40)35-18-22-9-7-8-14-34-22)37-26-13-11-23-24(17-28(26)39)25(36-20(3)38)12-10-21-16-29(41-4)31(42-5)32(43-6)30(21)23/h7-9,11,13-14,16-17,19,25,27H,10,12,15,18H2,1-6H3,(H,35,40)(H,36,38)(H,37,39). The molecule has 0 spiro atoms. The van der Waals surface area contributed by atoms with Crippen molar-refractivity contribution in [2.45, 2.75) is 58.7 Å². The highest BCUT2D eigenvalue weighted by Gasteiger charge is 2.30. The Labute approximate surface area is 252 Å². The van der Waals surface area contributed by atoms with Crippen LogP contribution in [-0.4, -0.2) is 44.2 Å². The summed E-state index contributed by atoms with van der Waals surface area (Å²) in [4.78, 5) is 43.6. The van der Waals surface area contributed by atoms with Gasteiger partial charge in [0.25, 0.3) is 0 Å². The summed E-state index contributed by atoms with van der Waals surface area (Å²) in [5.41, 5.74) is 3.77. The van der Waals surface area contributed by atoms with E-state index in [1.807, 2.05) is 44.2 Å². The number of hydrogen-bond donors (Lipinski definition) is 3. The Hall–Kier alpha value is -4.60. The van der Waals surface area contributed by atoms with Gasteiger partial charge in [0.05, 0.1) is 45.3 Å². The highest BCUT2D eigenvalue weighted by Crippen LogP contribution is 2.50. The number of benzene rings is 1. The summed E-state index contributed by atoms with van der Waals surface area (Å²) in [5, 5.41) is 9.17. The first-order valence-electron chi connectivity index (χ1n) is 14.4. The van der Waals surface area contributed by atoms with Crippen LogP contribution in [-0.2, 0) is 22.6 Å². The van der Waals surface area contributed by atoms with Crippen molar-refractivity contribution in [2.75, 3.05) is 26.6 Å². The van der Waals surface area contributed by atoms with Crippen LogP contribution in [0, 0.1) is 5.92 Å². The van der Waals surface area contributed by atoms with Crippen LogP contribution >= 0.6 is 0 Å². The molecule has 2 unspecified atom stereocenters. The molecule has 2 aromatic carbocycles. The van der Waals surface area contributed by atoms with Gasteiger partial charge in [-0.15, -0.1) is 0 Å². The number of aromatic nitrogens is 1. The van der Waals surface area contributed by atoms with Gasteiger partial charge in [0, 0.05) is 18.7 Å². The van der Waals surface area contributed by atoms with Gasteiger partial charge in [0.2, 0.25) is 23.0 Å². The van der Waals surface area contributed by atoms with Gasteiger partial charge in [-0.3, -0.25) is 19.4 Å². The zero-order chi connectivity index (χ0) is 31.1. The van der Waals surface area contributed by atoms with Gasteiger partial charge >= 0.3 is 0 Å². The maximum atomic E-state index is 13.8. The molecule has 228 valence electrons. The van der Waals surface area contributed by atoms with E-state index >= 15 is 0 Å². The normalized spacial score (nSPS) is 14.4. The summed E-state index contributed by atoms with van der Waals surface area (Å²) in [5.74, 6) is 1.18. The Morgan fingerprint density at radius 1 is 1.02 bits per heavy atom. The third-order valence-electron chi connectivity index (χ3n) is 7.44. The molecule has 2 amide bonds. The van der Waals surface area contributed by atoms with Gasteiger partial charge in [-0.05, 0) is 72.2 Å². The summed E-state index contributed by atoms with van der Waals surface area (Å²) < 4.78 is 17.1. The van der Waals surface area contributed by atoms with Crippen LogP contribution in [0.4, 0.5) is 5.69 Å². The number of anilines is 1. The molecule has 0 radical (unpaired) electrons. The third kappa shape index (κ3) is 7.25. The average molecular weight is 589 g/mol. The molecule has 0 saturated carbocycles. The van der Waals surface area contributed by atoms with Crippen molar-refractivity contribution < 1.29 is 23.8 Å². The Balaban J connectivity index is 1.81. The minimum atomic E-state index is -0.657. The molecule has 0 saturated heterocycles. The molecule has 4 rings (SSSR count). The van der Waals surface area contributed by atoms with E-state index in [-0.39, 0.29) is 35.4 Å². The van der Waals surface area contributed by atoms with E-state index in [1.54, 1.807) is 39.7 Å². The lowest BCUT2D eigenvalue weighted by molar-refractivity contribution is -0.122. The topological polar surface area (TPSA) is 128 Å². The van der Waals surface area contributed by atoms with Gasteiger partial charge < -0.3 is 30.2 Å². The molecule has 0 fully saturated rings. The fourth-order valence-electron chi connectivity index (χ4n) is 5.52. The number of rotatable bonds is 11. The number of carbonyl (C=O) groups excluding carboxylic acids is 2. The zero-order valence-electron chi connectivity index (χ0n) is 25.6. The number of carbonyl (C=O) groups is 2. The number of pyridine rings is 1. The predicted octanol–water partition coefficient (Wildman–Crippen LogP) is 4.40. The number of ether oxygens (including phenoxy) is 3. The van der Waals surface area contributed by atoms with Crippen LogP contribution in [0.2, 0.25) is 0 Å². The summed E-state index contributed by atoms with van der Waals surface area (Å²) in [7, 11) is 4.67. The fraction of sp³-hybridized carbons (Fsp3) is 0.394. The molecule has 0 bridgehead atoms. The van der Waals surface area contributed by atoms with Gasteiger partial charge in [0.15, 0.2) is 11.5 Å². The smallest absolute Gasteiger partial charge is 0.242 e. The first-order valence-corrected chi connectivity index (χ1v) is 14.4. The van der Waals surface area contributed by atoms with Crippen molar-refractivity contribution in [1.82, 2.24) is 15.6 Å². The van der Waals surface area contributed by atoms with Crippen LogP contribution in [0.15, 0.2) is 53.5 Å². The Morgan fingerprint density at radius 3 is 2.42 bits per heavy atom. The SMILES string of the molecule is COc1cc2c(c(OC)c1OC)-c1ccc(NC(CC(C)C)C(=O)NCc3ccccn3)c(=O)cc1C(NC(C)=O)CC2. The van der Waals surface area contributed by atoms with Crippen molar-refractivity contribution >= 4 is 17.5 Å². The Bertz CT molecular complexity index is 1530. The number of nitrogens with one attached hydrogen (secondary N) is 3. The predicted molar refractivity (Wildman–Crippen MR) is 166 cm³/mol. The van der Waals surface area contributed by atoms with Gasteiger partial charge in [-0.1, -0.05) is 26.0 Å². The number of amides is 2. The summed E-state index contributed by atoms with van der Waals surface area (Å²) in [6, 6.07) is 11.4. The Morgan fingerprint density at radius 2 is 1.79 bits per heavy atom. The molecule has 1 aliphatic carbocycles. The first kappa shape index (κ1) is 31.3. The molecule has 10 nitrogen and oxygen atoms in total. The van der Waals surface area contributed by atoms with E-state index in [0.29, 0.717) is 47.6 Å². The van der Waals surface area contributed by atoms with Crippen molar-refractivity contribution in [1.29, 1.82) is 0 Å². The Kier molecular flexibility index (Phi) is 10.2. The zero-order valence-corrected chi connectivity index (χ0v) is 25.6. The van der Waals surface area contributed by atoms with Crippen LogP contribution in [0.1, 0.15) is 56.5 Å². The van der Waals surface area contributed by atoms with E-state index in [2.05, 4.69) is 20.9 Å². The minimum absolute atomic E-state index is 0.185. The van der Waals surface area contributed by atoms with Gasteiger partial charge in [0.1, 0.15) is 6.04 Å². The maximum absolute atomic E-state index is 13.8. The molecule has 3 N–H and O–H groups in total. The molecule has 1 aliphatic rings.